The Morgan fingerprint density at radius 3 is 2.45 bits per heavy atom. The lowest BCUT2D eigenvalue weighted by Crippen LogP contribution is -2.29. The Morgan fingerprint density at radius 2 is 1.71 bits per heavy atom. The van der Waals surface area contributed by atoms with Crippen LogP contribution in [0.25, 0.3) is 0 Å². The average molecular weight is 421 g/mol. The van der Waals surface area contributed by atoms with E-state index in [0.717, 1.165) is 0 Å². The van der Waals surface area contributed by atoms with Crippen molar-refractivity contribution in [3.63, 3.8) is 0 Å². The molecule has 3 N–H and O–H groups in total. The monoisotopic (exact) mass is 421 g/mol. The molecule has 0 unspecified atom stereocenters. The molecule has 0 fully saturated rings. The van der Waals surface area contributed by atoms with Gasteiger partial charge in [-0.2, -0.15) is 0 Å². The van der Waals surface area contributed by atoms with Gasteiger partial charge in [0.25, 0.3) is 11.8 Å². The normalized spacial score (nSPS) is 10.1. The maximum atomic E-state index is 12.2. The van der Waals surface area contributed by atoms with E-state index in [2.05, 4.69) is 25.9 Å². The van der Waals surface area contributed by atoms with Crippen molar-refractivity contribution in [2.45, 2.75) is 0 Å². The smallest absolute Gasteiger partial charge is 0.262 e. The molecule has 2 aromatic carbocycles. The molecule has 9 nitrogen and oxygen atoms in total. The van der Waals surface area contributed by atoms with Gasteiger partial charge in [0, 0.05) is 42.8 Å². The standard InChI is InChI=1S/C22H23N5O4/c1-30-19-5-2-4-17(14-19)27-20(28)15-31-18-8-6-16(7-9-18)21(29)23-12-13-26-22-24-10-3-11-25-22/h2-11,14H,12-13,15H2,1H3,(H,23,29)(H,27,28)(H,24,25,26). The van der Waals surface area contributed by atoms with Gasteiger partial charge in [0.15, 0.2) is 6.61 Å². The molecule has 160 valence electrons. The van der Waals surface area contributed by atoms with E-state index >= 15 is 0 Å². The molecule has 0 aliphatic rings. The highest BCUT2D eigenvalue weighted by Crippen LogP contribution is 2.17. The molecule has 3 aromatic rings. The van der Waals surface area contributed by atoms with Crippen LogP contribution in [0.3, 0.4) is 0 Å². The highest BCUT2D eigenvalue weighted by molar-refractivity contribution is 5.94. The zero-order valence-electron chi connectivity index (χ0n) is 17.0. The molecule has 0 saturated carbocycles. The number of nitrogens with one attached hydrogen (secondary N) is 3. The van der Waals surface area contributed by atoms with Crippen LogP contribution in [0.2, 0.25) is 0 Å². The van der Waals surface area contributed by atoms with Crippen molar-refractivity contribution in [1.82, 2.24) is 15.3 Å². The number of benzene rings is 2. The maximum absolute atomic E-state index is 12.2. The molecule has 0 aliphatic heterocycles. The van der Waals surface area contributed by atoms with Gasteiger partial charge in [0.1, 0.15) is 11.5 Å². The van der Waals surface area contributed by atoms with Crippen LogP contribution in [-0.2, 0) is 4.79 Å². The van der Waals surface area contributed by atoms with Crippen LogP contribution in [0.4, 0.5) is 11.6 Å². The van der Waals surface area contributed by atoms with Crippen LogP contribution in [0.1, 0.15) is 10.4 Å². The van der Waals surface area contributed by atoms with E-state index in [1.807, 2.05) is 0 Å². The minimum atomic E-state index is -0.301. The third kappa shape index (κ3) is 7.00. The van der Waals surface area contributed by atoms with E-state index in [9.17, 15) is 9.59 Å². The summed E-state index contributed by atoms with van der Waals surface area (Å²) in [6, 6.07) is 15.3. The molecule has 1 heterocycles. The first-order valence-corrected chi connectivity index (χ1v) is 9.60. The SMILES string of the molecule is COc1cccc(NC(=O)COc2ccc(C(=O)NCCNc3ncccn3)cc2)c1. The Bertz CT molecular complexity index is 996. The van der Waals surface area contributed by atoms with Gasteiger partial charge in [-0.15, -0.1) is 0 Å². The molecule has 9 heteroatoms. The molecule has 3 rings (SSSR count). The van der Waals surface area contributed by atoms with Crippen LogP contribution in [0.15, 0.2) is 67.0 Å². The topological polar surface area (TPSA) is 114 Å². The van der Waals surface area contributed by atoms with E-state index in [1.54, 1.807) is 74.1 Å². The van der Waals surface area contributed by atoms with Crippen LogP contribution in [0, 0.1) is 0 Å². The Kier molecular flexibility index (Phi) is 7.76. The van der Waals surface area contributed by atoms with Gasteiger partial charge in [0.05, 0.1) is 7.11 Å². The van der Waals surface area contributed by atoms with E-state index < -0.39 is 0 Å². The number of nitrogens with zero attached hydrogens (tertiary/aromatic N) is 2. The van der Waals surface area contributed by atoms with Gasteiger partial charge in [-0.05, 0) is 42.5 Å². The average Bonchev–Trinajstić information content (AvgIpc) is 2.81. The van der Waals surface area contributed by atoms with Crippen LogP contribution in [0.5, 0.6) is 11.5 Å². The third-order valence-electron chi connectivity index (χ3n) is 4.10. The number of carbonyl (C=O) groups excluding carboxylic acids is 2. The molecule has 0 spiro atoms. The number of ether oxygens (including phenoxy) is 2. The third-order valence-corrected chi connectivity index (χ3v) is 4.10. The van der Waals surface area contributed by atoms with Gasteiger partial charge in [-0.25, -0.2) is 9.97 Å². The highest BCUT2D eigenvalue weighted by Gasteiger charge is 2.07. The molecule has 2 amide bonds. The molecule has 0 radical (unpaired) electrons. The van der Waals surface area contributed by atoms with Gasteiger partial charge in [-0.1, -0.05) is 6.07 Å². The summed E-state index contributed by atoms with van der Waals surface area (Å²) in [5.41, 5.74) is 1.11. The Hall–Kier alpha value is -4.14. The van der Waals surface area contributed by atoms with Gasteiger partial charge < -0.3 is 25.4 Å². The summed E-state index contributed by atoms with van der Waals surface area (Å²) < 4.78 is 10.6. The maximum Gasteiger partial charge on any atom is 0.262 e. The van der Waals surface area contributed by atoms with Crippen LogP contribution in [-0.4, -0.2) is 48.6 Å². The fraction of sp³-hybridized carbons (Fsp3) is 0.182. The number of methoxy groups -OCH3 is 1. The number of anilines is 2. The molecular formula is C22H23N5O4. The van der Waals surface area contributed by atoms with Crippen molar-refractivity contribution in [2.24, 2.45) is 0 Å². The van der Waals surface area contributed by atoms with Gasteiger partial charge in [0.2, 0.25) is 5.95 Å². The molecule has 1 aromatic heterocycles. The molecule has 0 saturated heterocycles. The summed E-state index contributed by atoms with van der Waals surface area (Å²) in [6.07, 6.45) is 3.28. The molecule has 0 bridgehead atoms. The molecule has 0 aliphatic carbocycles. The Morgan fingerprint density at radius 1 is 0.935 bits per heavy atom. The fourth-order valence-electron chi connectivity index (χ4n) is 2.59. The van der Waals surface area contributed by atoms with Gasteiger partial charge >= 0.3 is 0 Å². The second-order valence-corrected chi connectivity index (χ2v) is 6.35. The predicted octanol–water partition coefficient (Wildman–Crippen LogP) is 2.34. The second-order valence-electron chi connectivity index (χ2n) is 6.35. The minimum absolute atomic E-state index is 0.157. The van der Waals surface area contributed by atoms with Gasteiger partial charge in [-0.3, -0.25) is 9.59 Å². The van der Waals surface area contributed by atoms with Crippen molar-refractivity contribution < 1.29 is 19.1 Å². The summed E-state index contributed by atoms with van der Waals surface area (Å²) in [5.74, 6) is 1.13. The molecular weight excluding hydrogens is 398 g/mol. The predicted molar refractivity (Wildman–Crippen MR) is 116 cm³/mol. The zero-order chi connectivity index (χ0) is 21.9. The van der Waals surface area contributed by atoms with Crippen molar-refractivity contribution in [3.8, 4) is 11.5 Å². The first-order chi connectivity index (χ1) is 15.1. The summed E-state index contributed by atoms with van der Waals surface area (Å²) in [7, 11) is 1.56. The largest absolute Gasteiger partial charge is 0.497 e. The van der Waals surface area contributed by atoms with E-state index in [1.165, 1.54) is 0 Å². The number of hydrogen-bond acceptors (Lipinski definition) is 7. The number of rotatable bonds is 10. The molecule has 31 heavy (non-hydrogen) atoms. The van der Waals surface area contributed by atoms with Crippen molar-refractivity contribution in [3.05, 3.63) is 72.6 Å². The first kappa shape index (κ1) is 21.6. The Labute approximate surface area is 179 Å². The number of aromatic nitrogens is 2. The summed E-state index contributed by atoms with van der Waals surface area (Å²) in [5, 5.41) is 8.55. The van der Waals surface area contributed by atoms with Crippen molar-refractivity contribution in [1.29, 1.82) is 0 Å². The minimum Gasteiger partial charge on any atom is -0.497 e. The summed E-state index contributed by atoms with van der Waals surface area (Å²) in [6.45, 7) is 0.759. The number of amides is 2. The summed E-state index contributed by atoms with van der Waals surface area (Å²) in [4.78, 5) is 32.3. The highest BCUT2D eigenvalue weighted by atomic mass is 16.5. The van der Waals surface area contributed by atoms with Crippen molar-refractivity contribution >= 4 is 23.5 Å². The number of hydrogen-bond donors (Lipinski definition) is 3. The fourth-order valence-corrected chi connectivity index (χ4v) is 2.59. The Balaban J connectivity index is 1.39. The van der Waals surface area contributed by atoms with Crippen LogP contribution < -0.4 is 25.4 Å². The number of carbonyl (C=O) groups is 2. The van der Waals surface area contributed by atoms with E-state index in [4.69, 9.17) is 9.47 Å². The lowest BCUT2D eigenvalue weighted by atomic mass is 10.2. The van der Waals surface area contributed by atoms with Crippen molar-refractivity contribution in [2.75, 3.05) is 37.4 Å². The van der Waals surface area contributed by atoms with Crippen LogP contribution >= 0.6 is 0 Å². The summed E-state index contributed by atoms with van der Waals surface area (Å²) >= 11 is 0. The molecule has 0 atom stereocenters. The lowest BCUT2D eigenvalue weighted by Gasteiger charge is -2.09. The van der Waals surface area contributed by atoms with E-state index in [-0.39, 0.29) is 18.4 Å². The zero-order valence-corrected chi connectivity index (χ0v) is 17.0. The lowest BCUT2D eigenvalue weighted by molar-refractivity contribution is -0.118. The second kappa shape index (κ2) is 11.1. The quantitative estimate of drug-likeness (QED) is 0.431. The van der Waals surface area contributed by atoms with E-state index in [0.29, 0.717) is 41.8 Å². The first-order valence-electron chi connectivity index (χ1n) is 9.60.